The van der Waals surface area contributed by atoms with Crippen LogP contribution in [0.15, 0.2) is 12.4 Å². The van der Waals surface area contributed by atoms with Crippen molar-refractivity contribution in [3.63, 3.8) is 0 Å². The Morgan fingerprint density at radius 1 is 1.09 bits per heavy atom. The Hall–Kier alpha value is -1.47. The number of amides is 1. The number of nitrogens with zero attached hydrogens (tertiary/aromatic N) is 6. The average molecular weight is 318 g/mol. The van der Waals surface area contributed by atoms with Gasteiger partial charge in [0.25, 0.3) is 0 Å². The van der Waals surface area contributed by atoms with Crippen molar-refractivity contribution in [1.82, 2.24) is 29.7 Å². The van der Waals surface area contributed by atoms with Gasteiger partial charge in [0.1, 0.15) is 6.04 Å². The van der Waals surface area contributed by atoms with Gasteiger partial charge in [0.15, 0.2) is 0 Å². The number of likely N-dealkylation sites (tertiary alicyclic amines) is 1. The van der Waals surface area contributed by atoms with Gasteiger partial charge in [-0.2, -0.15) is 0 Å². The smallest absolute Gasteiger partial charge is 0.241 e. The van der Waals surface area contributed by atoms with Gasteiger partial charge in [-0.15, -0.1) is 5.10 Å². The molecule has 5 heterocycles. The molecule has 2 bridgehead atoms. The van der Waals surface area contributed by atoms with E-state index in [-0.39, 0.29) is 6.04 Å². The lowest BCUT2D eigenvalue weighted by Crippen LogP contribution is -2.58. The van der Waals surface area contributed by atoms with Gasteiger partial charge in [-0.05, 0) is 31.7 Å². The summed E-state index contributed by atoms with van der Waals surface area (Å²) in [6.45, 7) is 8.05. The molecule has 23 heavy (non-hydrogen) atoms. The predicted molar refractivity (Wildman–Crippen MR) is 85.7 cm³/mol. The fraction of sp³-hybridized carbons (Fsp3) is 0.812. The van der Waals surface area contributed by atoms with E-state index in [4.69, 9.17) is 0 Å². The number of piperidine rings is 1. The second-order valence-corrected chi connectivity index (χ2v) is 7.10. The molecule has 1 amide bonds. The van der Waals surface area contributed by atoms with E-state index in [1.54, 1.807) is 6.20 Å². The highest BCUT2D eigenvalue weighted by molar-refractivity contribution is 5.82. The number of piperazine rings is 1. The van der Waals surface area contributed by atoms with Gasteiger partial charge < -0.3 is 4.90 Å². The normalized spacial score (nSPS) is 32.0. The van der Waals surface area contributed by atoms with Crippen molar-refractivity contribution in [2.75, 3.05) is 45.8 Å². The maximum atomic E-state index is 12.9. The molecule has 7 heteroatoms. The van der Waals surface area contributed by atoms with Crippen LogP contribution in [0, 0.1) is 5.92 Å². The Morgan fingerprint density at radius 2 is 1.96 bits per heavy atom. The van der Waals surface area contributed by atoms with E-state index in [2.05, 4.69) is 25.0 Å². The van der Waals surface area contributed by atoms with Crippen LogP contribution in [-0.2, 0) is 11.3 Å². The fourth-order valence-corrected chi connectivity index (χ4v) is 4.22. The van der Waals surface area contributed by atoms with Crippen LogP contribution in [0.1, 0.15) is 19.3 Å². The first kappa shape index (κ1) is 15.1. The van der Waals surface area contributed by atoms with Crippen LogP contribution >= 0.6 is 0 Å². The van der Waals surface area contributed by atoms with Crippen LogP contribution < -0.4 is 0 Å². The highest BCUT2D eigenvalue weighted by atomic mass is 16.2. The number of hydrogen-bond acceptors (Lipinski definition) is 5. The van der Waals surface area contributed by atoms with Crippen molar-refractivity contribution in [3.05, 3.63) is 12.4 Å². The summed E-state index contributed by atoms with van der Waals surface area (Å²) in [7, 11) is 0. The van der Waals surface area contributed by atoms with Crippen molar-refractivity contribution in [1.29, 1.82) is 0 Å². The molecule has 3 atom stereocenters. The van der Waals surface area contributed by atoms with E-state index in [1.165, 1.54) is 6.42 Å². The Balaban J connectivity index is 1.32. The first-order valence-corrected chi connectivity index (χ1v) is 8.89. The van der Waals surface area contributed by atoms with Crippen LogP contribution in [0.5, 0.6) is 0 Å². The highest BCUT2D eigenvalue weighted by Crippen LogP contribution is 2.22. The summed E-state index contributed by atoms with van der Waals surface area (Å²) in [6, 6.07) is 0.0955. The number of rotatable bonds is 3. The summed E-state index contributed by atoms with van der Waals surface area (Å²) in [4.78, 5) is 19.9. The first-order chi connectivity index (χ1) is 11.3. The van der Waals surface area contributed by atoms with E-state index in [0.29, 0.717) is 11.8 Å². The van der Waals surface area contributed by atoms with E-state index in [0.717, 1.165) is 65.2 Å². The minimum absolute atomic E-state index is 0.0955. The zero-order chi connectivity index (χ0) is 15.6. The second-order valence-electron chi connectivity index (χ2n) is 7.10. The average Bonchev–Trinajstić information content (AvgIpc) is 2.89. The molecule has 0 N–H and O–H groups in total. The van der Waals surface area contributed by atoms with Crippen molar-refractivity contribution < 1.29 is 4.79 Å². The third-order valence-corrected chi connectivity index (χ3v) is 5.62. The zero-order valence-corrected chi connectivity index (χ0v) is 13.7. The standard InChI is InChI=1S/C16H26N6O/c23-16(15-13-19-5-1-6-20(15)11-10-19)21-7-2-14(3-8-21)12-22-9-4-17-18-22/h4,9,14-15H,1-3,5-8,10-13H2. The van der Waals surface area contributed by atoms with Gasteiger partial charge in [-0.25, -0.2) is 0 Å². The Morgan fingerprint density at radius 3 is 2.74 bits per heavy atom. The predicted octanol–water partition coefficient (Wildman–Crippen LogP) is -0.0934. The van der Waals surface area contributed by atoms with E-state index >= 15 is 0 Å². The third kappa shape index (κ3) is 3.26. The SMILES string of the molecule is O=C(C1CN2CCCN1CC2)N1CCC(Cn2ccnn2)CC1. The quantitative estimate of drug-likeness (QED) is 0.779. The summed E-state index contributed by atoms with van der Waals surface area (Å²) in [5.74, 6) is 0.964. The van der Waals surface area contributed by atoms with E-state index in [9.17, 15) is 4.79 Å². The third-order valence-electron chi connectivity index (χ3n) is 5.62. The minimum atomic E-state index is 0.0955. The van der Waals surface area contributed by atoms with Gasteiger partial charge in [-0.1, -0.05) is 5.21 Å². The number of carbonyl (C=O) groups excluding carboxylic acids is 1. The summed E-state index contributed by atoms with van der Waals surface area (Å²) in [6.07, 6.45) is 6.98. The molecule has 3 unspecified atom stereocenters. The number of carbonyl (C=O) groups is 1. The van der Waals surface area contributed by atoms with Crippen LogP contribution in [0.3, 0.4) is 0 Å². The lowest BCUT2D eigenvalue weighted by atomic mass is 9.96. The summed E-state index contributed by atoms with van der Waals surface area (Å²) >= 11 is 0. The molecule has 0 aliphatic carbocycles. The zero-order valence-electron chi connectivity index (χ0n) is 13.7. The fourth-order valence-electron chi connectivity index (χ4n) is 4.22. The molecule has 5 rings (SSSR count). The molecule has 4 aliphatic rings. The minimum Gasteiger partial charge on any atom is -0.341 e. The number of aromatic nitrogens is 3. The van der Waals surface area contributed by atoms with Gasteiger partial charge in [0.05, 0.1) is 6.20 Å². The van der Waals surface area contributed by atoms with Crippen molar-refractivity contribution in [3.8, 4) is 0 Å². The molecule has 0 spiro atoms. The molecule has 1 aromatic heterocycles. The van der Waals surface area contributed by atoms with Crippen LogP contribution in [-0.4, -0.2) is 87.5 Å². The molecular formula is C16H26N6O. The first-order valence-electron chi connectivity index (χ1n) is 8.89. The van der Waals surface area contributed by atoms with Gasteiger partial charge in [-0.3, -0.25) is 19.3 Å². The molecule has 0 saturated carbocycles. The molecule has 4 fully saturated rings. The summed E-state index contributed by atoms with van der Waals surface area (Å²) in [5.41, 5.74) is 0. The summed E-state index contributed by atoms with van der Waals surface area (Å²) in [5, 5.41) is 7.91. The molecule has 1 aromatic rings. The van der Waals surface area contributed by atoms with Crippen LogP contribution in [0.2, 0.25) is 0 Å². The maximum Gasteiger partial charge on any atom is 0.241 e. The number of fused-ring (bicyclic) bond motifs is 4. The topological polar surface area (TPSA) is 57.5 Å². The van der Waals surface area contributed by atoms with E-state index in [1.807, 2.05) is 10.9 Å². The van der Waals surface area contributed by atoms with E-state index < -0.39 is 0 Å². The number of hydrogen-bond donors (Lipinski definition) is 0. The molecule has 0 aromatic carbocycles. The van der Waals surface area contributed by atoms with Crippen molar-refractivity contribution in [2.24, 2.45) is 5.92 Å². The Labute approximate surface area is 137 Å². The molecular weight excluding hydrogens is 292 g/mol. The monoisotopic (exact) mass is 318 g/mol. The van der Waals surface area contributed by atoms with Gasteiger partial charge in [0.2, 0.25) is 5.91 Å². The van der Waals surface area contributed by atoms with Gasteiger partial charge in [0, 0.05) is 52.0 Å². The van der Waals surface area contributed by atoms with Crippen molar-refractivity contribution >= 4 is 5.91 Å². The lowest BCUT2D eigenvalue weighted by Gasteiger charge is -2.41. The molecule has 126 valence electrons. The maximum absolute atomic E-state index is 12.9. The molecule has 4 aliphatic heterocycles. The van der Waals surface area contributed by atoms with Crippen LogP contribution in [0.25, 0.3) is 0 Å². The Kier molecular flexibility index (Phi) is 4.31. The Bertz CT molecular complexity index is 521. The highest BCUT2D eigenvalue weighted by Gasteiger charge is 2.37. The van der Waals surface area contributed by atoms with Gasteiger partial charge >= 0.3 is 0 Å². The van der Waals surface area contributed by atoms with Crippen LogP contribution in [0.4, 0.5) is 0 Å². The molecule has 4 saturated heterocycles. The summed E-state index contributed by atoms with van der Waals surface area (Å²) < 4.78 is 1.91. The lowest BCUT2D eigenvalue weighted by molar-refractivity contribution is -0.140. The largest absolute Gasteiger partial charge is 0.341 e. The molecule has 7 nitrogen and oxygen atoms in total. The molecule has 0 radical (unpaired) electrons. The van der Waals surface area contributed by atoms with Crippen molar-refractivity contribution in [2.45, 2.75) is 31.8 Å². The second kappa shape index (κ2) is 6.57.